The molecule has 0 aliphatic carbocycles. The van der Waals surface area contributed by atoms with E-state index in [1.54, 1.807) is 12.4 Å². The van der Waals surface area contributed by atoms with Gasteiger partial charge in [0.2, 0.25) is 5.91 Å². The molecule has 0 saturated carbocycles. The van der Waals surface area contributed by atoms with Crippen molar-refractivity contribution < 1.29 is 4.79 Å². The van der Waals surface area contributed by atoms with Crippen LogP contribution in [0.4, 0.5) is 0 Å². The van der Waals surface area contributed by atoms with E-state index in [9.17, 15) is 4.79 Å². The molecule has 0 aromatic carbocycles. The van der Waals surface area contributed by atoms with Crippen LogP contribution >= 0.6 is 11.6 Å². The Morgan fingerprint density at radius 3 is 2.95 bits per heavy atom. The van der Waals surface area contributed by atoms with Crippen LogP contribution < -0.4 is 0 Å². The van der Waals surface area contributed by atoms with Gasteiger partial charge in [-0.05, 0) is 18.3 Å². The number of imidazole rings is 1. The largest absolute Gasteiger partial charge is 0.338 e. The van der Waals surface area contributed by atoms with Gasteiger partial charge >= 0.3 is 0 Å². The van der Waals surface area contributed by atoms with Crippen molar-refractivity contribution in [2.45, 2.75) is 45.1 Å². The molecule has 2 aliphatic heterocycles. The van der Waals surface area contributed by atoms with Crippen molar-refractivity contribution in [3.05, 3.63) is 29.6 Å². The third kappa shape index (κ3) is 1.95. The summed E-state index contributed by atoms with van der Waals surface area (Å²) in [5.41, 5.74) is 0.915. The molecule has 22 heavy (non-hydrogen) atoms. The second kappa shape index (κ2) is 4.69. The fraction of sp³-hybridized carbons (Fsp3) is 0.562. The lowest BCUT2D eigenvalue weighted by atomic mass is 9.79. The monoisotopic (exact) mass is 318 g/mol. The van der Waals surface area contributed by atoms with E-state index in [0.717, 1.165) is 30.7 Å². The number of carbonyl (C=O) groups is 1. The standard InChI is InChI=1S/C16H19ClN4O/c1-16(2)7-13(22)21-9-10(3-4-12(16)21)15-19-8-11-14(17)18-5-6-20(11)15/h5-6,8,10,12H,3-4,7,9H2,1-2H3. The number of carbonyl (C=O) groups excluding carboxylic acids is 1. The lowest BCUT2D eigenvalue weighted by molar-refractivity contribution is -0.130. The van der Waals surface area contributed by atoms with Crippen molar-refractivity contribution in [3.63, 3.8) is 0 Å². The van der Waals surface area contributed by atoms with Crippen molar-refractivity contribution in [2.24, 2.45) is 5.41 Å². The SMILES string of the molecule is CC1(C)CC(=O)N2CC(c3ncc4c(Cl)nccn34)CCC21. The minimum absolute atomic E-state index is 0.0872. The van der Waals surface area contributed by atoms with Gasteiger partial charge in [-0.15, -0.1) is 0 Å². The third-order valence-electron chi connectivity index (χ3n) is 5.22. The highest BCUT2D eigenvalue weighted by Crippen LogP contribution is 2.44. The second-order valence-corrected chi connectivity index (χ2v) is 7.45. The Bertz CT molecular complexity index is 754. The number of fused-ring (bicyclic) bond motifs is 2. The average Bonchev–Trinajstić information content (AvgIpc) is 3.00. The van der Waals surface area contributed by atoms with Crippen LogP contribution in [0.25, 0.3) is 5.52 Å². The van der Waals surface area contributed by atoms with Gasteiger partial charge in [-0.1, -0.05) is 25.4 Å². The summed E-state index contributed by atoms with van der Waals surface area (Å²) in [5.74, 6) is 1.52. The highest BCUT2D eigenvalue weighted by Gasteiger charge is 2.48. The first-order valence-electron chi connectivity index (χ1n) is 7.74. The first kappa shape index (κ1) is 14.0. The van der Waals surface area contributed by atoms with Crippen molar-refractivity contribution in [1.82, 2.24) is 19.3 Å². The number of aromatic nitrogens is 3. The summed E-state index contributed by atoms with van der Waals surface area (Å²) in [6.07, 6.45) is 8.10. The van der Waals surface area contributed by atoms with Crippen LogP contribution in [0.3, 0.4) is 0 Å². The van der Waals surface area contributed by atoms with Gasteiger partial charge in [-0.2, -0.15) is 0 Å². The third-order valence-corrected chi connectivity index (χ3v) is 5.51. The number of amides is 1. The zero-order valence-electron chi connectivity index (χ0n) is 12.8. The minimum Gasteiger partial charge on any atom is -0.338 e. The van der Waals surface area contributed by atoms with Gasteiger partial charge < -0.3 is 4.90 Å². The zero-order valence-corrected chi connectivity index (χ0v) is 13.5. The van der Waals surface area contributed by atoms with Crippen LogP contribution in [0.15, 0.2) is 18.6 Å². The molecule has 2 aliphatic rings. The molecule has 1 amide bonds. The molecule has 2 fully saturated rings. The number of halogens is 1. The Morgan fingerprint density at radius 2 is 2.14 bits per heavy atom. The van der Waals surface area contributed by atoms with Crippen LogP contribution in [-0.4, -0.2) is 37.8 Å². The number of hydrogen-bond donors (Lipinski definition) is 0. The smallest absolute Gasteiger partial charge is 0.223 e. The summed E-state index contributed by atoms with van der Waals surface area (Å²) in [4.78, 5) is 23.0. The molecule has 2 unspecified atom stereocenters. The van der Waals surface area contributed by atoms with Gasteiger partial charge in [0, 0.05) is 37.3 Å². The first-order valence-corrected chi connectivity index (χ1v) is 8.12. The van der Waals surface area contributed by atoms with Crippen LogP contribution in [0.5, 0.6) is 0 Å². The van der Waals surface area contributed by atoms with Gasteiger partial charge in [0.15, 0.2) is 5.15 Å². The Kier molecular flexibility index (Phi) is 2.98. The summed E-state index contributed by atoms with van der Waals surface area (Å²) in [5, 5.41) is 0.466. The van der Waals surface area contributed by atoms with Gasteiger partial charge in [0.25, 0.3) is 0 Å². The normalized spacial score (nSPS) is 27.4. The second-order valence-electron chi connectivity index (χ2n) is 7.09. The van der Waals surface area contributed by atoms with E-state index in [2.05, 4.69) is 28.7 Å². The summed E-state index contributed by atoms with van der Waals surface area (Å²) in [7, 11) is 0. The van der Waals surface area contributed by atoms with E-state index in [-0.39, 0.29) is 17.2 Å². The average molecular weight is 319 g/mol. The molecule has 0 bridgehead atoms. The predicted octanol–water partition coefficient (Wildman–Crippen LogP) is 2.89. The van der Waals surface area contributed by atoms with E-state index in [1.807, 2.05) is 10.6 Å². The maximum absolute atomic E-state index is 12.3. The number of hydrogen-bond acceptors (Lipinski definition) is 3. The molecule has 0 N–H and O–H groups in total. The molecule has 0 spiro atoms. The highest BCUT2D eigenvalue weighted by atomic mass is 35.5. The molecule has 2 saturated heterocycles. The van der Waals surface area contributed by atoms with Crippen LogP contribution in [0.2, 0.25) is 5.15 Å². The predicted molar refractivity (Wildman–Crippen MR) is 83.9 cm³/mol. The summed E-state index contributed by atoms with van der Waals surface area (Å²) in [6.45, 7) is 5.16. The molecule has 6 heteroatoms. The van der Waals surface area contributed by atoms with E-state index >= 15 is 0 Å². The summed E-state index contributed by atoms with van der Waals surface area (Å²) >= 11 is 6.12. The van der Waals surface area contributed by atoms with Gasteiger partial charge in [0.05, 0.1) is 6.20 Å². The molecule has 5 nitrogen and oxygen atoms in total. The fourth-order valence-electron chi connectivity index (χ4n) is 4.10. The van der Waals surface area contributed by atoms with E-state index in [1.165, 1.54) is 0 Å². The maximum atomic E-state index is 12.3. The minimum atomic E-state index is 0.0872. The van der Waals surface area contributed by atoms with Crippen molar-refractivity contribution >= 4 is 23.0 Å². The molecule has 0 radical (unpaired) electrons. The van der Waals surface area contributed by atoms with Crippen molar-refractivity contribution in [2.75, 3.05) is 6.54 Å². The molecule has 116 valence electrons. The Labute approximate surface area is 134 Å². The van der Waals surface area contributed by atoms with Crippen LogP contribution in [0, 0.1) is 5.41 Å². The Hall–Kier alpha value is -1.62. The zero-order chi connectivity index (χ0) is 15.5. The van der Waals surface area contributed by atoms with Gasteiger partial charge in [-0.3, -0.25) is 9.20 Å². The molecular weight excluding hydrogens is 300 g/mol. The molecule has 2 atom stereocenters. The Morgan fingerprint density at radius 1 is 1.32 bits per heavy atom. The number of nitrogens with zero attached hydrogens (tertiary/aromatic N) is 4. The van der Waals surface area contributed by atoms with Gasteiger partial charge in [0.1, 0.15) is 11.3 Å². The quantitative estimate of drug-likeness (QED) is 0.812. The summed E-state index contributed by atoms with van der Waals surface area (Å²) < 4.78 is 2.01. The van der Waals surface area contributed by atoms with Crippen molar-refractivity contribution in [1.29, 1.82) is 0 Å². The van der Waals surface area contributed by atoms with Gasteiger partial charge in [-0.25, -0.2) is 9.97 Å². The molecule has 2 aromatic heterocycles. The number of piperidine rings is 1. The molecule has 4 rings (SSSR count). The molecular formula is C16H19ClN4O. The lowest BCUT2D eigenvalue weighted by Gasteiger charge is -2.39. The molecule has 4 heterocycles. The fourth-order valence-corrected chi connectivity index (χ4v) is 4.29. The van der Waals surface area contributed by atoms with E-state index in [4.69, 9.17) is 11.6 Å². The van der Waals surface area contributed by atoms with Crippen LogP contribution in [-0.2, 0) is 4.79 Å². The Balaban J connectivity index is 1.67. The maximum Gasteiger partial charge on any atom is 0.223 e. The summed E-state index contributed by atoms with van der Waals surface area (Å²) in [6, 6.07) is 0.368. The topological polar surface area (TPSA) is 50.5 Å². The highest BCUT2D eigenvalue weighted by molar-refractivity contribution is 6.32. The molecule has 2 aromatic rings. The van der Waals surface area contributed by atoms with E-state index in [0.29, 0.717) is 17.6 Å². The van der Waals surface area contributed by atoms with Crippen molar-refractivity contribution in [3.8, 4) is 0 Å². The van der Waals surface area contributed by atoms with Crippen LogP contribution in [0.1, 0.15) is 44.9 Å². The lowest BCUT2D eigenvalue weighted by Crippen LogP contribution is -2.44. The first-order chi connectivity index (χ1) is 10.5. The van der Waals surface area contributed by atoms with E-state index < -0.39 is 0 Å². The number of rotatable bonds is 1.